The number of fused-ring (bicyclic) bond motifs is 1. The minimum Gasteiger partial charge on any atom is -0.445 e. The molecular formula is C13H12OS. The summed E-state index contributed by atoms with van der Waals surface area (Å²) in [6, 6.07) is 8.01. The van der Waals surface area contributed by atoms with Crippen LogP contribution in [0.1, 0.15) is 11.1 Å². The van der Waals surface area contributed by atoms with E-state index >= 15 is 0 Å². The molecule has 2 aromatic rings. The third-order valence-electron chi connectivity index (χ3n) is 2.42. The number of para-hydroxylation sites is 1. The van der Waals surface area contributed by atoms with Crippen LogP contribution in [0.15, 0.2) is 41.3 Å². The first kappa shape index (κ1) is 10.1. The van der Waals surface area contributed by atoms with Gasteiger partial charge in [0.25, 0.3) is 0 Å². The van der Waals surface area contributed by atoms with Crippen molar-refractivity contribution in [1.82, 2.24) is 0 Å². The van der Waals surface area contributed by atoms with Crippen molar-refractivity contribution in [2.75, 3.05) is 0 Å². The summed E-state index contributed by atoms with van der Waals surface area (Å²) in [5.41, 5.74) is 3.19. The summed E-state index contributed by atoms with van der Waals surface area (Å²) in [6.45, 7) is 5.79. The van der Waals surface area contributed by atoms with Crippen LogP contribution >= 0.6 is 12.2 Å². The average Bonchev–Trinajstić information content (AvgIpc) is 2.19. The molecule has 0 fully saturated rings. The highest BCUT2D eigenvalue weighted by Crippen LogP contribution is 2.23. The number of allylic oxidation sites excluding steroid dienone is 1. The first-order chi connectivity index (χ1) is 7.22. The second-order valence-electron chi connectivity index (χ2n) is 3.54. The molecule has 0 spiro atoms. The topological polar surface area (TPSA) is 13.1 Å². The molecule has 15 heavy (non-hydrogen) atoms. The maximum atomic E-state index is 5.59. The summed E-state index contributed by atoms with van der Waals surface area (Å²) in [4.78, 5) is 0. The van der Waals surface area contributed by atoms with Gasteiger partial charge in [0.2, 0.25) is 0 Å². The zero-order valence-electron chi connectivity index (χ0n) is 8.62. The smallest absolute Gasteiger partial charge is 0.191 e. The average molecular weight is 216 g/mol. The molecule has 1 aromatic carbocycles. The van der Waals surface area contributed by atoms with Crippen LogP contribution < -0.4 is 0 Å². The van der Waals surface area contributed by atoms with Crippen LogP contribution in [0.2, 0.25) is 0 Å². The van der Waals surface area contributed by atoms with Gasteiger partial charge in [-0.3, -0.25) is 0 Å². The van der Waals surface area contributed by atoms with E-state index in [1.165, 1.54) is 0 Å². The molecule has 0 saturated heterocycles. The van der Waals surface area contributed by atoms with Gasteiger partial charge in [0.05, 0.1) is 0 Å². The first-order valence-electron chi connectivity index (χ1n) is 4.85. The van der Waals surface area contributed by atoms with Crippen LogP contribution in [-0.4, -0.2) is 0 Å². The molecule has 0 aliphatic carbocycles. The predicted molar refractivity (Wildman–Crippen MR) is 65.7 cm³/mol. The van der Waals surface area contributed by atoms with E-state index in [9.17, 15) is 0 Å². The van der Waals surface area contributed by atoms with Crippen molar-refractivity contribution in [2.45, 2.75) is 13.3 Å². The normalized spacial score (nSPS) is 10.5. The van der Waals surface area contributed by atoms with Gasteiger partial charge in [0, 0.05) is 5.39 Å². The Balaban J connectivity index is 2.84. The van der Waals surface area contributed by atoms with E-state index in [4.69, 9.17) is 16.6 Å². The van der Waals surface area contributed by atoms with Gasteiger partial charge in [-0.05, 0) is 42.8 Å². The van der Waals surface area contributed by atoms with Gasteiger partial charge in [-0.1, -0.05) is 24.3 Å². The van der Waals surface area contributed by atoms with Crippen LogP contribution in [0, 0.1) is 11.6 Å². The Labute approximate surface area is 94.0 Å². The van der Waals surface area contributed by atoms with E-state index in [1.807, 2.05) is 31.2 Å². The molecule has 2 heteroatoms. The molecule has 0 N–H and O–H groups in total. The Bertz CT molecular complexity index is 566. The Kier molecular flexibility index (Phi) is 2.69. The van der Waals surface area contributed by atoms with Crippen LogP contribution in [0.25, 0.3) is 11.0 Å². The van der Waals surface area contributed by atoms with E-state index in [0.29, 0.717) is 4.71 Å². The third-order valence-corrected chi connectivity index (χ3v) is 2.62. The fourth-order valence-corrected chi connectivity index (χ4v) is 1.98. The van der Waals surface area contributed by atoms with E-state index < -0.39 is 0 Å². The lowest BCUT2D eigenvalue weighted by atomic mass is 10.1. The fraction of sp³-hybridized carbons (Fsp3) is 0.154. The summed E-state index contributed by atoms with van der Waals surface area (Å²) in [5.74, 6) is 0. The summed E-state index contributed by atoms with van der Waals surface area (Å²) in [7, 11) is 0. The Hall–Kier alpha value is -1.41. The minimum atomic E-state index is 0.538. The van der Waals surface area contributed by atoms with Crippen molar-refractivity contribution >= 4 is 23.2 Å². The molecule has 0 aliphatic heterocycles. The maximum absolute atomic E-state index is 5.59. The zero-order valence-corrected chi connectivity index (χ0v) is 9.43. The summed E-state index contributed by atoms with van der Waals surface area (Å²) < 4.78 is 6.13. The number of hydrogen-bond acceptors (Lipinski definition) is 2. The molecule has 1 aromatic heterocycles. The lowest BCUT2D eigenvalue weighted by molar-refractivity contribution is 0.582. The van der Waals surface area contributed by atoms with E-state index in [2.05, 4.69) is 12.6 Å². The lowest BCUT2D eigenvalue weighted by Gasteiger charge is -2.05. The summed E-state index contributed by atoms with van der Waals surface area (Å²) in [5, 5.41) is 1.13. The van der Waals surface area contributed by atoms with E-state index in [0.717, 1.165) is 28.5 Å². The molecule has 0 aliphatic rings. The van der Waals surface area contributed by atoms with Gasteiger partial charge in [0.1, 0.15) is 5.58 Å². The molecular weight excluding hydrogens is 204 g/mol. The zero-order chi connectivity index (χ0) is 10.8. The molecule has 1 nitrogen and oxygen atoms in total. The number of aryl methyl sites for hydroxylation is 1. The Morgan fingerprint density at radius 2 is 2.27 bits per heavy atom. The monoisotopic (exact) mass is 216 g/mol. The first-order valence-corrected chi connectivity index (χ1v) is 5.26. The number of hydrogen-bond donors (Lipinski definition) is 0. The molecule has 0 bridgehead atoms. The summed E-state index contributed by atoms with van der Waals surface area (Å²) in [6.07, 6.45) is 2.68. The van der Waals surface area contributed by atoms with Crippen molar-refractivity contribution in [3.63, 3.8) is 0 Å². The molecule has 0 saturated carbocycles. The van der Waals surface area contributed by atoms with Crippen LogP contribution in [-0.2, 0) is 6.42 Å². The van der Waals surface area contributed by atoms with Crippen molar-refractivity contribution < 1.29 is 4.42 Å². The standard InChI is InChI=1S/C13H12OS/c1-3-5-10-6-4-7-11-9(2)8-12(15)14-13(10)11/h3-4,6-8H,1,5H2,2H3. The van der Waals surface area contributed by atoms with Crippen molar-refractivity contribution in [3.8, 4) is 0 Å². The van der Waals surface area contributed by atoms with Gasteiger partial charge in [0.15, 0.2) is 4.71 Å². The van der Waals surface area contributed by atoms with Gasteiger partial charge in [-0.2, -0.15) is 0 Å². The maximum Gasteiger partial charge on any atom is 0.191 e. The van der Waals surface area contributed by atoms with Crippen molar-refractivity contribution in [1.29, 1.82) is 0 Å². The van der Waals surface area contributed by atoms with Gasteiger partial charge < -0.3 is 4.42 Å². The molecule has 0 unspecified atom stereocenters. The molecule has 0 amide bonds. The summed E-state index contributed by atoms with van der Waals surface area (Å²) >= 11 is 5.08. The SMILES string of the molecule is C=CCc1cccc2c(C)cc(=S)oc12. The van der Waals surface area contributed by atoms with Crippen LogP contribution in [0.3, 0.4) is 0 Å². The molecule has 0 atom stereocenters. The minimum absolute atomic E-state index is 0.538. The lowest BCUT2D eigenvalue weighted by Crippen LogP contribution is -1.86. The largest absolute Gasteiger partial charge is 0.445 e. The van der Waals surface area contributed by atoms with Gasteiger partial charge in [-0.15, -0.1) is 6.58 Å². The fourth-order valence-electron chi connectivity index (χ4n) is 1.72. The second kappa shape index (κ2) is 3.99. The number of rotatable bonds is 2. The Morgan fingerprint density at radius 1 is 1.47 bits per heavy atom. The highest BCUT2D eigenvalue weighted by molar-refractivity contribution is 7.71. The van der Waals surface area contributed by atoms with E-state index in [1.54, 1.807) is 0 Å². The molecule has 2 rings (SSSR count). The highest BCUT2D eigenvalue weighted by atomic mass is 32.1. The quantitative estimate of drug-likeness (QED) is 0.551. The Morgan fingerprint density at radius 3 is 3.00 bits per heavy atom. The van der Waals surface area contributed by atoms with Gasteiger partial charge in [-0.25, -0.2) is 0 Å². The predicted octanol–water partition coefficient (Wildman–Crippen LogP) is 4.20. The third kappa shape index (κ3) is 1.85. The molecule has 1 heterocycles. The van der Waals surface area contributed by atoms with Gasteiger partial charge >= 0.3 is 0 Å². The second-order valence-corrected chi connectivity index (χ2v) is 3.94. The van der Waals surface area contributed by atoms with E-state index in [-0.39, 0.29) is 0 Å². The highest BCUT2D eigenvalue weighted by Gasteiger charge is 2.04. The van der Waals surface area contributed by atoms with Crippen molar-refractivity contribution in [3.05, 3.63) is 52.8 Å². The molecule has 0 radical (unpaired) electrons. The molecule has 76 valence electrons. The van der Waals surface area contributed by atoms with Crippen LogP contribution in [0.4, 0.5) is 0 Å². The van der Waals surface area contributed by atoms with Crippen molar-refractivity contribution in [2.24, 2.45) is 0 Å². The number of benzene rings is 1. The van der Waals surface area contributed by atoms with Crippen LogP contribution in [0.5, 0.6) is 0 Å².